The van der Waals surface area contributed by atoms with E-state index in [1.807, 2.05) is 37.4 Å². The number of hydrogen-bond donors (Lipinski definition) is 2. The summed E-state index contributed by atoms with van der Waals surface area (Å²) in [6.07, 6.45) is -0.433. The first kappa shape index (κ1) is 22.0. The number of hydrogen-bond acceptors (Lipinski definition) is 6. The molecule has 2 fully saturated rings. The Balaban J connectivity index is 1.59. The molecule has 0 spiro atoms. The molecule has 1 amide bonds. The molecule has 1 aromatic rings. The fourth-order valence-corrected chi connectivity index (χ4v) is 4.17. The van der Waals surface area contributed by atoms with Crippen LogP contribution in [-0.4, -0.2) is 74.0 Å². The van der Waals surface area contributed by atoms with Gasteiger partial charge in [-0.1, -0.05) is 44.2 Å². The predicted octanol–water partition coefficient (Wildman–Crippen LogP) is 2.03. The van der Waals surface area contributed by atoms with Gasteiger partial charge in [0.1, 0.15) is 6.10 Å². The summed E-state index contributed by atoms with van der Waals surface area (Å²) in [5.74, 6) is 0.595. The van der Waals surface area contributed by atoms with Gasteiger partial charge in [0.15, 0.2) is 6.29 Å². The predicted molar refractivity (Wildman–Crippen MR) is 109 cm³/mol. The lowest BCUT2D eigenvalue weighted by Crippen LogP contribution is -2.50. The van der Waals surface area contributed by atoms with Crippen LogP contribution in [0.5, 0.6) is 0 Å². The van der Waals surface area contributed by atoms with Crippen molar-refractivity contribution in [3.63, 3.8) is 0 Å². The van der Waals surface area contributed by atoms with Crippen LogP contribution in [0.2, 0.25) is 0 Å². The summed E-state index contributed by atoms with van der Waals surface area (Å²) >= 11 is 0. The van der Waals surface area contributed by atoms with Crippen LogP contribution >= 0.6 is 0 Å². The van der Waals surface area contributed by atoms with E-state index in [2.05, 4.69) is 24.1 Å². The number of benzene rings is 1. The monoisotopic (exact) mass is 406 g/mol. The van der Waals surface area contributed by atoms with Crippen LogP contribution in [0.1, 0.15) is 25.8 Å². The van der Waals surface area contributed by atoms with E-state index >= 15 is 0 Å². The third-order valence-electron chi connectivity index (χ3n) is 5.49. The molecule has 5 atom stereocenters. The summed E-state index contributed by atoms with van der Waals surface area (Å²) in [5.41, 5.74) is 1.05. The largest absolute Gasteiger partial charge is 0.443 e. The molecule has 0 aliphatic carbocycles. The summed E-state index contributed by atoms with van der Waals surface area (Å²) in [4.78, 5) is 14.7. The number of carbonyl (C=O) groups excluding carboxylic acids is 1. The van der Waals surface area contributed by atoms with E-state index in [0.29, 0.717) is 32.1 Å². The average molecular weight is 407 g/mol. The highest BCUT2D eigenvalue weighted by Crippen LogP contribution is 2.33. The Kier molecular flexibility index (Phi) is 7.89. The molecule has 5 unspecified atom stereocenters. The van der Waals surface area contributed by atoms with Gasteiger partial charge in [-0.05, 0) is 31.4 Å². The molecule has 29 heavy (non-hydrogen) atoms. The molecule has 2 aliphatic rings. The van der Waals surface area contributed by atoms with Crippen LogP contribution in [0.15, 0.2) is 30.3 Å². The highest BCUT2D eigenvalue weighted by atomic mass is 16.7. The second-order valence-corrected chi connectivity index (χ2v) is 8.59. The van der Waals surface area contributed by atoms with Gasteiger partial charge in [0.05, 0.1) is 31.3 Å². The summed E-state index contributed by atoms with van der Waals surface area (Å²) in [6, 6.07) is 9.41. The first-order chi connectivity index (χ1) is 13.9. The van der Waals surface area contributed by atoms with E-state index in [0.717, 1.165) is 18.5 Å². The molecule has 2 N–H and O–H groups in total. The van der Waals surface area contributed by atoms with Crippen molar-refractivity contribution in [1.29, 1.82) is 0 Å². The van der Waals surface area contributed by atoms with Gasteiger partial charge in [0.2, 0.25) is 0 Å². The first-order valence-corrected chi connectivity index (χ1v) is 10.5. The zero-order valence-electron chi connectivity index (χ0n) is 17.6. The van der Waals surface area contributed by atoms with Crippen molar-refractivity contribution >= 4 is 6.09 Å². The lowest BCUT2D eigenvalue weighted by atomic mass is 10.0. The highest BCUT2D eigenvalue weighted by molar-refractivity contribution is 5.68. The molecule has 7 heteroatoms. The molecular formula is C22H34N2O5. The maximum atomic E-state index is 12.6. The molecule has 2 heterocycles. The second-order valence-electron chi connectivity index (χ2n) is 8.59. The van der Waals surface area contributed by atoms with Crippen molar-refractivity contribution < 1.29 is 24.1 Å². The fourth-order valence-electron chi connectivity index (χ4n) is 4.17. The number of rotatable bonds is 9. The van der Waals surface area contributed by atoms with Crippen LogP contribution in [0.3, 0.4) is 0 Å². The summed E-state index contributed by atoms with van der Waals surface area (Å²) in [5, 5.41) is 13.8. The summed E-state index contributed by atoms with van der Waals surface area (Å²) in [6.45, 7) is 6.62. The van der Waals surface area contributed by atoms with Crippen LogP contribution < -0.4 is 5.32 Å². The molecule has 2 aliphatic heterocycles. The van der Waals surface area contributed by atoms with Crippen molar-refractivity contribution in [2.24, 2.45) is 11.8 Å². The molecule has 162 valence electrons. The van der Waals surface area contributed by atoms with E-state index < -0.39 is 18.2 Å². The normalized spacial score (nSPS) is 25.8. The molecular weight excluding hydrogens is 372 g/mol. The number of ether oxygens (including phenoxy) is 3. The van der Waals surface area contributed by atoms with Gasteiger partial charge in [-0.25, -0.2) is 4.79 Å². The van der Waals surface area contributed by atoms with Crippen LogP contribution in [0.4, 0.5) is 4.79 Å². The van der Waals surface area contributed by atoms with Gasteiger partial charge in [-0.3, -0.25) is 0 Å². The Bertz CT molecular complexity index is 641. The summed E-state index contributed by atoms with van der Waals surface area (Å²) in [7, 11) is 1.98. The molecule has 1 aromatic carbocycles. The number of nitrogens with one attached hydrogen (secondary N) is 1. The number of fused-ring (bicyclic) bond motifs is 1. The molecule has 0 aromatic heterocycles. The number of nitrogens with zero attached hydrogens (tertiary/aromatic N) is 1. The first-order valence-electron chi connectivity index (χ1n) is 10.5. The SMILES string of the molecule is CC(C)CN(C)CC(O)C(Cc1ccccc1)NC(=O)OC1COC2OCCC12. The van der Waals surface area contributed by atoms with E-state index in [1.165, 1.54) is 0 Å². The number of amides is 1. The van der Waals surface area contributed by atoms with Crippen LogP contribution in [0, 0.1) is 11.8 Å². The van der Waals surface area contributed by atoms with E-state index in [4.69, 9.17) is 14.2 Å². The number of carbonyl (C=O) groups is 1. The molecule has 0 saturated carbocycles. The second kappa shape index (κ2) is 10.4. The standard InChI is InChI=1S/C22H34N2O5/c1-15(2)12-24(3)13-19(25)18(11-16-7-5-4-6-8-16)23-22(26)29-20-14-28-21-17(20)9-10-27-21/h4-8,15,17-21,25H,9-14H2,1-3H3,(H,23,26). The fraction of sp³-hybridized carbons (Fsp3) is 0.682. The topological polar surface area (TPSA) is 80.3 Å². The zero-order valence-corrected chi connectivity index (χ0v) is 17.6. The minimum absolute atomic E-state index is 0.0930. The van der Waals surface area contributed by atoms with Gasteiger partial charge in [0.25, 0.3) is 0 Å². The molecule has 7 nitrogen and oxygen atoms in total. The Labute approximate surface area is 173 Å². The van der Waals surface area contributed by atoms with E-state index in [1.54, 1.807) is 0 Å². The Hall–Kier alpha value is -1.67. The third-order valence-corrected chi connectivity index (χ3v) is 5.49. The quantitative estimate of drug-likeness (QED) is 0.653. The molecule has 0 radical (unpaired) electrons. The number of aliphatic hydroxyl groups is 1. The van der Waals surface area contributed by atoms with Crippen molar-refractivity contribution in [3.8, 4) is 0 Å². The van der Waals surface area contributed by atoms with Crippen molar-refractivity contribution in [2.45, 2.75) is 51.2 Å². The highest BCUT2D eigenvalue weighted by Gasteiger charge is 2.44. The van der Waals surface area contributed by atoms with E-state index in [-0.39, 0.29) is 18.3 Å². The Morgan fingerprint density at radius 2 is 2.03 bits per heavy atom. The van der Waals surface area contributed by atoms with Gasteiger partial charge < -0.3 is 29.5 Å². The average Bonchev–Trinajstić information content (AvgIpc) is 3.26. The lowest BCUT2D eigenvalue weighted by molar-refractivity contribution is -0.0907. The third kappa shape index (κ3) is 6.40. The number of alkyl carbamates (subject to hydrolysis) is 1. The van der Waals surface area contributed by atoms with Gasteiger partial charge in [-0.2, -0.15) is 0 Å². The van der Waals surface area contributed by atoms with Crippen molar-refractivity contribution in [2.75, 3.05) is 33.4 Å². The maximum Gasteiger partial charge on any atom is 0.407 e. The van der Waals surface area contributed by atoms with Crippen molar-refractivity contribution in [1.82, 2.24) is 10.2 Å². The molecule has 3 rings (SSSR count). The van der Waals surface area contributed by atoms with Crippen LogP contribution in [0.25, 0.3) is 0 Å². The molecule has 0 bridgehead atoms. The summed E-state index contributed by atoms with van der Waals surface area (Å²) < 4.78 is 16.7. The number of likely N-dealkylation sites (N-methyl/N-ethyl adjacent to an activating group) is 1. The van der Waals surface area contributed by atoms with Crippen LogP contribution in [-0.2, 0) is 20.6 Å². The van der Waals surface area contributed by atoms with Crippen molar-refractivity contribution in [3.05, 3.63) is 35.9 Å². The Morgan fingerprint density at radius 1 is 1.28 bits per heavy atom. The van der Waals surface area contributed by atoms with E-state index in [9.17, 15) is 9.90 Å². The molecule has 2 saturated heterocycles. The van der Waals surface area contributed by atoms with Gasteiger partial charge in [-0.15, -0.1) is 0 Å². The lowest BCUT2D eigenvalue weighted by Gasteiger charge is -2.29. The van der Waals surface area contributed by atoms with Gasteiger partial charge in [0, 0.05) is 13.1 Å². The minimum Gasteiger partial charge on any atom is -0.443 e. The smallest absolute Gasteiger partial charge is 0.407 e. The van der Waals surface area contributed by atoms with Gasteiger partial charge >= 0.3 is 6.09 Å². The zero-order chi connectivity index (χ0) is 20.8. The maximum absolute atomic E-state index is 12.6. The number of aliphatic hydroxyl groups excluding tert-OH is 1. The minimum atomic E-state index is -0.714. The Morgan fingerprint density at radius 3 is 2.76 bits per heavy atom.